The molecule has 4 N–H and O–H groups in total. The maximum atomic E-state index is 9.78. The van der Waals surface area contributed by atoms with Crippen molar-refractivity contribution in [2.24, 2.45) is 4.99 Å². The van der Waals surface area contributed by atoms with Gasteiger partial charge >= 0.3 is 0 Å². The third-order valence-corrected chi connectivity index (χ3v) is 4.31. The fraction of sp³-hybridized carbons (Fsp3) is 0.158. The number of nitrogen functional groups attached to an aromatic ring is 1. The number of nitrogens with zero attached hydrogens (tertiary/aromatic N) is 4. The van der Waals surface area contributed by atoms with Crippen LogP contribution >= 0.6 is 0 Å². The number of aliphatic hydroxyl groups excluding tert-OH is 1. The van der Waals surface area contributed by atoms with Crippen LogP contribution in [0.3, 0.4) is 0 Å². The first-order chi connectivity index (χ1) is 12.7. The molecule has 1 aromatic carbocycles. The van der Waals surface area contributed by atoms with Crippen LogP contribution in [0.4, 0.5) is 11.8 Å². The summed E-state index contributed by atoms with van der Waals surface area (Å²) in [6.45, 7) is 0.574. The molecule has 2 aromatic heterocycles. The summed E-state index contributed by atoms with van der Waals surface area (Å²) in [5.74, 6) is 0.760. The minimum atomic E-state index is -0.341. The van der Waals surface area contributed by atoms with Gasteiger partial charge in [0.1, 0.15) is 5.82 Å². The molecule has 0 saturated heterocycles. The van der Waals surface area contributed by atoms with E-state index in [1.54, 1.807) is 18.6 Å². The number of benzene rings is 1. The van der Waals surface area contributed by atoms with Gasteiger partial charge in [-0.2, -0.15) is 4.98 Å². The summed E-state index contributed by atoms with van der Waals surface area (Å²) >= 11 is 0. The molecule has 0 aliphatic carbocycles. The van der Waals surface area contributed by atoms with Crippen LogP contribution in [0.25, 0.3) is 16.5 Å². The highest BCUT2D eigenvalue weighted by Gasteiger charge is 2.15. The van der Waals surface area contributed by atoms with Crippen LogP contribution in [-0.4, -0.2) is 39.4 Å². The van der Waals surface area contributed by atoms with Crippen LogP contribution in [-0.2, 0) is 0 Å². The molecule has 1 unspecified atom stereocenters. The second kappa shape index (κ2) is 6.89. The monoisotopic (exact) mass is 346 g/mol. The Bertz CT molecular complexity index is 1000. The molecule has 0 bridgehead atoms. The van der Waals surface area contributed by atoms with E-state index in [1.165, 1.54) is 0 Å². The highest BCUT2D eigenvalue weighted by atomic mass is 16.3. The lowest BCUT2D eigenvalue weighted by Gasteiger charge is -2.18. The molecule has 1 aliphatic rings. The van der Waals surface area contributed by atoms with Crippen LogP contribution < -0.4 is 11.1 Å². The zero-order chi connectivity index (χ0) is 17.9. The molecule has 0 spiro atoms. The third-order valence-electron chi connectivity index (χ3n) is 4.31. The first-order valence-electron chi connectivity index (χ1n) is 8.28. The number of nitrogens with two attached hydrogens (primary N) is 1. The van der Waals surface area contributed by atoms with Crippen molar-refractivity contribution >= 4 is 34.5 Å². The highest BCUT2D eigenvalue weighted by molar-refractivity contribution is 5.95. The molecule has 0 fully saturated rings. The minimum Gasteiger partial charge on any atom is -0.394 e. The van der Waals surface area contributed by atoms with Gasteiger partial charge in [-0.1, -0.05) is 12.1 Å². The Morgan fingerprint density at radius 3 is 2.88 bits per heavy atom. The van der Waals surface area contributed by atoms with E-state index in [1.807, 2.05) is 36.4 Å². The standard InChI is InChI=1S/C19H18N6O/c20-19-24-16-8-12(13-5-7-22-9-13)3-4-15(16)18(25-19)23-17(11-26)14-2-1-6-21-10-14/h1-8,10,17,26H,9,11H2,(H3,20,23,24,25). The number of anilines is 2. The summed E-state index contributed by atoms with van der Waals surface area (Å²) in [6, 6.07) is 9.35. The van der Waals surface area contributed by atoms with Crippen LogP contribution in [0, 0.1) is 0 Å². The summed E-state index contributed by atoms with van der Waals surface area (Å²) in [6.07, 6.45) is 7.21. The molecule has 0 saturated carbocycles. The van der Waals surface area contributed by atoms with Gasteiger partial charge < -0.3 is 16.2 Å². The van der Waals surface area contributed by atoms with E-state index in [0.29, 0.717) is 12.4 Å². The summed E-state index contributed by atoms with van der Waals surface area (Å²) < 4.78 is 0. The first kappa shape index (κ1) is 16.2. The van der Waals surface area contributed by atoms with E-state index >= 15 is 0 Å². The average Bonchev–Trinajstić information content (AvgIpc) is 3.21. The molecule has 3 aromatic rings. The Morgan fingerprint density at radius 1 is 1.23 bits per heavy atom. The van der Waals surface area contributed by atoms with E-state index in [0.717, 1.165) is 27.6 Å². The smallest absolute Gasteiger partial charge is 0.222 e. The second-order valence-electron chi connectivity index (χ2n) is 6.01. The Morgan fingerprint density at radius 2 is 2.15 bits per heavy atom. The number of nitrogens with one attached hydrogen (secondary N) is 1. The molecule has 3 heterocycles. The Hall–Kier alpha value is -3.32. The van der Waals surface area contributed by atoms with Crippen molar-refractivity contribution < 1.29 is 5.11 Å². The molecule has 130 valence electrons. The number of aliphatic imine (C=N–C) groups is 1. The van der Waals surface area contributed by atoms with Gasteiger partial charge in [0, 0.05) is 24.0 Å². The van der Waals surface area contributed by atoms with Crippen LogP contribution in [0.15, 0.2) is 53.8 Å². The largest absolute Gasteiger partial charge is 0.394 e. The topological polar surface area (TPSA) is 109 Å². The fourth-order valence-corrected chi connectivity index (χ4v) is 2.97. The Kier molecular flexibility index (Phi) is 4.28. The number of allylic oxidation sites excluding steroid dienone is 1. The van der Waals surface area contributed by atoms with Gasteiger partial charge in [0.05, 0.1) is 24.7 Å². The van der Waals surface area contributed by atoms with E-state index in [4.69, 9.17) is 5.73 Å². The molecule has 1 atom stereocenters. The number of pyridine rings is 1. The number of fused-ring (bicyclic) bond motifs is 1. The molecular weight excluding hydrogens is 328 g/mol. The number of aliphatic hydroxyl groups is 1. The first-order valence-corrected chi connectivity index (χ1v) is 8.28. The number of rotatable bonds is 5. The quantitative estimate of drug-likeness (QED) is 0.653. The summed E-state index contributed by atoms with van der Waals surface area (Å²) in [5, 5.41) is 13.9. The van der Waals surface area contributed by atoms with Crippen molar-refractivity contribution in [3.63, 3.8) is 0 Å². The summed E-state index contributed by atoms with van der Waals surface area (Å²) in [4.78, 5) is 17.0. The van der Waals surface area contributed by atoms with Crippen molar-refractivity contribution in [3.8, 4) is 0 Å². The molecule has 0 radical (unpaired) electrons. The average molecular weight is 346 g/mol. The SMILES string of the molecule is Nc1nc(NC(CO)c2cccnc2)c2ccc(C3=CC=NC3)cc2n1. The third kappa shape index (κ3) is 3.12. The maximum Gasteiger partial charge on any atom is 0.222 e. The molecule has 0 amide bonds. The zero-order valence-electron chi connectivity index (χ0n) is 14.0. The lowest BCUT2D eigenvalue weighted by molar-refractivity contribution is 0.276. The van der Waals surface area contributed by atoms with Gasteiger partial charge in [-0.05, 0) is 41.0 Å². The number of aromatic nitrogens is 3. The Labute approximate surface area is 150 Å². The molecule has 26 heavy (non-hydrogen) atoms. The second-order valence-corrected chi connectivity index (χ2v) is 6.01. The summed E-state index contributed by atoms with van der Waals surface area (Å²) in [5.41, 5.74) is 9.72. The molecular formula is C19H18N6O. The molecule has 4 rings (SSSR count). The lowest BCUT2D eigenvalue weighted by atomic mass is 10.0. The highest BCUT2D eigenvalue weighted by Crippen LogP contribution is 2.28. The maximum absolute atomic E-state index is 9.78. The van der Waals surface area contributed by atoms with E-state index in [2.05, 4.69) is 25.3 Å². The predicted octanol–water partition coefficient (Wildman–Crippen LogP) is 2.22. The van der Waals surface area contributed by atoms with Crippen molar-refractivity contribution in [1.29, 1.82) is 0 Å². The number of hydrogen-bond donors (Lipinski definition) is 3. The van der Waals surface area contributed by atoms with E-state index < -0.39 is 0 Å². The Balaban J connectivity index is 1.72. The summed E-state index contributed by atoms with van der Waals surface area (Å²) in [7, 11) is 0. The van der Waals surface area contributed by atoms with E-state index in [9.17, 15) is 5.11 Å². The van der Waals surface area contributed by atoms with Crippen LogP contribution in [0.5, 0.6) is 0 Å². The van der Waals surface area contributed by atoms with Crippen molar-refractivity contribution in [3.05, 3.63) is 59.9 Å². The van der Waals surface area contributed by atoms with Gasteiger partial charge in [-0.3, -0.25) is 9.98 Å². The van der Waals surface area contributed by atoms with Gasteiger partial charge in [0.15, 0.2) is 0 Å². The van der Waals surface area contributed by atoms with Crippen molar-refractivity contribution in [1.82, 2.24) is 15.0 Å². The molecule has 1 aliphatic heterocycles. The van der Waals surface area contributed by atoms with Gasteiger partial charge in [0.25, 0.3) is 0 Å². The van der Waals surface area contributed by atoms with Gasteiger partial charge in [-0.15, -0.1) is 0 Å². The van der Waals surface area contributed by atoms with Gasteiger partial charge in [0.2, 0.25) is 5.95 Å². The van der Waals surface area contributed by atoms with Crippen LogP contribution in [0.1, 0.15) is 17.2 Å². The molecule has 7 heteroatoms. The lowest BCUT2D eigenvalue weighted by Crippen LogP contribution is -2.16. The van der Waals surface area contributed by atoms with Gasteiger partial charge in [-0.25, -0.2) is 4.98 Å². The predicted molar refractivity (Wildman–Crippen MR) is 103 cm³/mol. The van der Waals surface area contributed by atoms with Crippen molar-refractivity contribution in [2.75, 3.05) is 24.2 Å². The molecule has 7 nitrogen and oxygen atoms in total. The van der Waals surface area contributed by atoms with Crippen molar-refractivity contribution in [2.45, 2.75) is 6.04 Å². The zero-order valence-corrected chi connectivity index (χ0v) is 14.0. The number of hydrogen-bond acceptors (Lipinski definition) is 7. The fourth-order valence-electron chi connectivity index (χ4n) is 2.97. The van der Waals surface area contributed by atoms with E-state index in [-0.39, 0.29) is 18.6 Å². The van der Waals surface area contributed by atoms with Crippen LogP contribution in [0.2, 0.25) is 0 Å². The minimum absolute atomic E-state index is 0.0978. The normalized spacial score (nSPS) is 14.4.